The maximum absolute atomic E-state index is 12.6. The molecule has 0 unspecified atom stereocenters. The van der Waals surface area contributed by atoms with Crippen LogP contribution in [0.4, 0.5) is 0 Å². The van der Waals surface area contributed by atoms with E-state index in [0.717, 1.165) is 11.4 Å². The highest BCUT2D eigenvalue weighted by molar-refractivity contribution is 5.94. The van der Waals surface area contributed by atoms with Crippen LogP contribution in [0.3, 0.4) is 0 Å². The van der Waals surface area contributed by atoms with Gasteiger partial charge in [-0.3, -0.25) is 14.3 Å². The largest absolute Gasteiger partial charge is 0.505 e. The number of morpholine rings is 1. The zero-order valence-corrected chi connectivity index (χ0v) is 15.6. The maximum atomic E-state index is 12.6. The van der Waals surface area contributed by atoms with Gasteiger partial charge in [-0.15, -0.1) is 0 Å². The molecule has 0 spiro atoms. The molecule has 2 aromatic rings. The summed E-state index contributed by atoms with van der Waals surface area (Å²) in [4.78, 5) is 32.4. The minimum Gasteiger partial charge on any atom is -0.505 e. The van der Waals surface area contributed by atoms with Gasteiger partial charge in [-0.05, 0) is 18.2 Å². The number of carbonyl (C=O) groups excluding carboxylic acids is 2. The van der Waals surface area contributed by atoms with Crippen LogP contribution in [0.5, 0.6) is 5.75 Å². The number of aromatic nitrogens is 3. The Bertz CT molecular complexity index is 875. The second-order valence-corrected chi connectivity index (χ2v) is 6.94. The number of rotatable bonds is 4. The Morgan fingerprint density at radius 1 is 1.14 bits per heavy atom. The first-order chi connectivity index (χ1) is 13.6. The van der Waals surface area contributed by atoms with E-state index < -0.39 is 0 Å². The fourth-order valence-electron chi connectivity index (χ4n) is 3.54. The molecule has 2 amide bonds. The third-order valence-corrected chi connectivity index (χ3v) is 5.08. The highest BCUT2D eigenvalue weighted by atomic mass is 16.5. The van der Waals surface area contributed by atoms with E-state index in [4.69, 9.17) is 4.74 Å². The summed E-state index contributed by atoms with van der Waals surface area (Å²) in [5.74, 6) is -0.291. The van der Waals surface area contributed by atoms with Crippen molar-refractivity contribution in [1.82, 2.24) is 24.6 Å². The zero-order chi connectivity index (χ0) is 19.5. The van der Waals surface area contributed by atoms with Gasteiger partial charge in [0.15, 0.2) is 5.69 Å². The second-order valence-electron chi connectivity index (χ2n) is 6.94. The monoisotopic (exact) mass is 385 g/mol. The van der Waals surface area contributed by atoms with Crippen molar-refractivity contribution in [3.05, 3.63) is 41.5 Å². The normalized spacial score (nSPS) is 16.7. The molecule has 4 rings (SSSR count). The summed E-state index contributed by atoms with van der Waals surface area (Å²) < 4.78 is 7.16. The number of carbonyl (C=O) groups is 2. The Labute approximate surface area is 162 Å². The van der Waals surface area contributed by atoms with Gasteiger partial charge in [0.05, 0.1) is 37.7 Å². The first-order valence-electron chi connectivity index (χ1n) is 9.46. The van der Waals surface area contributed by atoms with Crippen molar-refractivity contribution < 1.29 is 19.4 Å². The van der Waals surface area contributed by atoms with Crippen molar-refractivity contribution >= 4 is 11.8 Å². The van der Waals surface area contributed by atoms with Gasteiger partial charge in [0, 0.05) is 38.7 Å². The summed E-state index contributed by atoms with van der Waals surface area (Å²) in [5.41, 5.74) is 1.84. The molecule has 28 heavy (non-hydrogen) atoms. The van der Waals surface area contributed by atoms with Crippen LogP contribution in [-0.4, -0.2) is 74.3 Å². The SMILES string of the molecule is O=C(CCc1cc2n(n1)CCN(C(=O)c1ncccc1O)C2)N1CCOCC1. The maximum Gasteiger partial charge on any atom is 0.276 e. The summed E-state index contributed by atoms with van der Waals surface area (Å²) in [6.07, 6.45) is 2.48. The first kappa shape index (κ1) is 18.4. The average molecular weight is 385 g/mol. The molecule has 2 aromatic heterocycles. The van der Waals surface area contributed by atoms with Gasteiger partial charge in [-0.1, -0.05) is 0 Å². The lowest BCUT2D eigenvalue weighted by Gasteiger charge is -2.27. The number of aromatic hydroxyl groups is 1. The molecule has 0 saturated carbocycles. The van der Waals surface area contributed by atoms with Crippen molar-refractivity contribution in [2.24, 2.45) is 0 Å². The summed E-state index contributed by atoms with van der Waals surface area (Å²) in [7, 11) is 0. The molecule has 4 heterocycles. The van der Waals surface area contributed by atoms with Crippen LogP contribution in [0.15, 0.2) is 24.4 Å². The quantitative estimate of drug-likeness (QED) is 0.819. The van der Waals surface area contributed by atoms with Crippen LogP contribution in [0.25, 0.3) is 0 Å². The van der Waals surface area contributed by atoms with Crippen molar-refractivity contribution in [3.8, 4) is 5.75 Å². The van der Waals surface area contributed by atoms with Crippen LogP contribution in [-0.2, 0) is 29.0 Å². The Morgan fingerprint density at radius 3 is 2.75 bits per heavy atom. The van der Waals surface area contributed by atoms with Gasteiger partial charge in [0.2, 0.25) is 5.91 Å². The third kappa shape index (κ3) is 3.84. The molecule has 0 bridgehead atoms. The standard InChI is InChI=1S/C19H23N5O4/c25-16-2-1-5-20-18(16)19(27)23-6-7-24-15(13-23)12-14(21-24)3-4-17(26)22-8-10-28-11-9-22/h1-2,5,12,25H,3-4,6-11,13H2. The van der Waals surface area contributed by atoms with E-state index in [9.17, 15) is 14.7 Å². The van der Waals surface area contributed by atoms with Crippen molar-refractivity contribution in [1.29, 1.82) is 0 Å². The molecule has 0 aromatic carbocycles. The molecule has 9 heteroatoms. The minimum absolute atomic E-state index is 0.0618. The number of hydrogen-bond acceptors (Lipinski definition) is 6. The number of ether oxygens (including phenoxy) is 1. The molecule has 2 aliphatic heterocycles. The Morgan fingerprint density at radius 2 is 1.96 bits per heavy atom. The number of hydrogen-bond donors (Lipinski definition) is 1. The molecule has 148 valence electrons. The van der Waals surface area contributed by atoms with Crippen LogP contribution < -0.4 is 0 Å². The summed E-state index contributed by atoms with van der Waals surface area (Å²) in [6.45, 7) is 3.97. The number of aryl methyl sites for hydroxylation is 1. The smallest absolute Gasteiger partial charge is 0.276 e. The summed E-state index contributed by atoms with van der Waals surface area (Å²) in [6, 6.07) is 4.99. The van der Waals surface area contributed by atoms with Gasteiger partial charge >= 0.3 is 0 Å². The molecule has 1 saturated heterocycles. The van der Waals surface area contributed by atoms with Gasteiger partial charge in [-0.25, -0.2) is 4.98 Å². The number of amides is 2. The highest BCUT2D eigenvalue weighted by Gasteiger charge is 2.26. The lowest BCUT2D eigenvalue weighted by Crippen LogP contribution is -2.40. The van der Waals surface area contributed by atoms with Gasteiger partial charge < -0.3 is 19.6 Å². The molecule has 9 nitrogen and oxygen atoms in total. The fraction of sp³-hybridized carbons (Fsp3) is 0.474. The topological polar surface area (TPSA) is 101 Å². The first-order valence-corrected chi connectivity index (χ1v) is 9.46. The fourth-order valence-corrected chi connectivity index (χ4v) is 3.54. The van der Waals surface area contributed by atoms with Crippen molar-refractivity contribution in [3.63, 3.8) is 0 Å². The van der Waals surface area contributed by atoms with E-state index in [0.29, 0.717) is 58.8 Å². The Kier molecular flexibility index (Phi) is 5.25. The average Bonchev–Trinajstić information content (AvgIpc) is 3.14. The van der Waals surface area contributed by atoms with Crippen LogP contribution in [0, 0.1) is 0 Å². The molecule has 1 N–H and O–H groups in total. The van der Waals surface area contributed by atoms with Gasteiger partial charge in [0.25, 0.3) is 5.91 Å². The van der Waals surface area contributed by atoms with Crippen LogP contribution in [0.2, 0.25) is 0 Å². The predicted molar refractivity (Wildman–Crippen MR) is 98.6 cm³/mol. The van der Waals surface area contributed by atoms with E-state index in [1.807, 2.05) is 15.6 Å². The molecular weight excluding hydrogens is 362 g/mol. The Balaban J connectivity index is 1.37. The van der Waals surface area contributed by atoms with Gasteiger partial charge in [0.1, 0.15) is 5.75 Å². The van der Waals surface area contributed by atoms with E-state index in [1.54, 1.807) is 11.0 Å². The zero-order valence-electron chi connectivity index (χ0n) is 15.6. The highest BCUT2D eigenvalue weighted by Crippen LogP contribution is 2.20. The molecule has 0 atom stereocenters. The van der Waals surface area contributed by atoms with Crippen molar-refractivity contribution in [2.45, 2.75) is 25.9 Å². The third-order valence-electron chi connectivity index (χ3n) is 5.08. The predicted octanol–water partition coefficient (Wildman–Crippen LogP) is 0.431. The summed E-state index contributed by atoms with van der Waals surface area (Å²) in [5, 5.41) is 14.4. The van der Waals surface area contributed by atoms with E-state index in [-0.39, 0.29) is 23.3 Å². The molecule has 1 fully saturated rings. The number of fused-ring (bicyclic) bond motifs is 1. The number of nitrogens with zero attached hydrogens (tertiary/aromatic N) is 5. The van der Waals surface area contributed by atoms with Gasteiger partial charge in [-0.2, -0.15) is 5.10 Å². The van der Waals surface area contributed by atoms with Crippen LogP contribution >= 0.6 is 0 Å². The summed E-state index contributed by atoms with van der Waals surface area (Å²) >= 11 is 0. The molecule has 0 radical (unpaired) electrons. The number of pyridine rings is 1. The van der Waals surface area contributed by atoms with E-state index in [2.05, 4.69) is 10.1 Å². The Hall–Kier alpha value is -2.94. The van der Waals surface area contributed by atoms with E-state index in [1.165, 1.54) is 12.3 Å². The molecule has 2 aliphatic rings. The van der Waals surface area contributed by atoms with Crippen molar-refractivity contribution in [2.75, 3.05) is 32.8 Å². The minimum atomic E-state index is -0.297. The van der Waals surface area contributed by atoms with E-state index >= 15 is 0 Å². The molecular formula is C19H23N5O4. The van der Waals surface area contributed by atoms with Crippen LogP contribution in [0.1, 0.15) is 28.3 Å². The second kappa shape index (κ2) is 7.97. The lowest BCUT2D eigenvalue weighted by molar-refractivity contribution is -0.135. The molecule has 0 aliphatic carbocycles. The lowest BCUT2D eigenvalue weighted by atomic mass is 10.2.